The van der Waals surface area contributed by atoms with E-state index in [0.717, 1.165) is 4.31 Å². The molecule has 0 aliphatic carbocycles. The van der Waals surface area contributed by atoms with Crippen LogP contribution in [0.2, 0.25) is 5.02 Å². The van der Waals surface area contributed by atoms with E-state index in [1.807, 2.05) is 0 Å². The fourth-order valence-corrected chi connectivity index (χ4v) is 3.80. The lowest BCUT2D eigenvalue weighted by Crippen LogP contribution is -2.35. The molecule has 1 aromatic carbocycles. The van der Waals surface area contributed by atoms with Gasteiger partial charge in [-0.1, -0.05) is 22.8 Å². The van der Waals surface area contributed by atoms with Crippen LogP contribution in [-0.4, -0.2) is 37.4 Å². The summed E-state index contributed by atoms with van der Waals surface area (Å²) in [6.45, 7) is 4.46. The molecule has 0 aliphatic heterocycles. The third-order valence-corrected chi connectivity index (χ3v) is 6.00. The molecule has 0 saturated carbocycles. The largest absolute Gasteiger partial charge is 0.360 e. The number of aromatic nitrogens is 1. The normalized spacial score (nSPS) is 11.8. The molecule has 2 aromatic rings. The van der Waals surface area contributed by atoms with Crippen molar-refractivity contribution in [3.8, 4) is 0 Å². The van der Waals surface area contributed by atoms with E-state index in [-0.39, 0.29) is 22.9 Å². The quantitative estimate of drug-likeness (QED) is 0.871. The summed E-state index contributed by atoms with van der Waals surface area (Å²) < 4.78 is 31.0. The number of carbonyl (C=O) groups is 1. The van der Waals surface area contributed by atoms with E-state index in [9.17, 15) is 13.2 Å². The van der Waals surface area contributed by atoms with Crippen LogP contribution in [0.3, 0.4) is 0 Å². The lowest BCUT2D eigenvalue weighted by molar-refractivity contribution is -0.116. The molecule has 130 valence electrons. The Kier molecular flexibility index (Phi) is 5.32. The van der Waals surface area contributed by atoms with E-state index in [2.05, 4.69) is 10.5 Å². The molecule has 1 N–H and O–H groups in total. The van der Waals surface area contributed by atoms with E-state index >= 15 is 0 Å². The summed E-state index contributed by atoms with van der Waals surface area (Å²) in [4.78, 5) is 12.2. The fraction of sp³-hybridized carbons (Fsp3) is 0.333. The molecule has 0 unspecified atom stereocenters. The van der Waals surface area contributed by atoms with Gasteiger partial charge in [0.25, 0.3) is 0 Å². The third kappa shape index (κ3) is 3.61. The Labute approximate surface area is 145 Å². The van der Waals surface area contributed by atoms with Crippen molar-refractivity contribution in [3.63, 3.8) is 0 Å². The average Bonchev–Trinajstić information content (AvgIpc) is 2.83. The fourth-order valence-electron chi connectivity index (χ4n) is 2.22. The number of hydrogen-bond acceptors (Lipinski definition) is 5. The number of likely N-dealkylation sites (N-methyl/N-ethyl adjacent to an activating group) is 1. The molecule has 0 bridgehead atoms. The molecule has 0 atom stereocenters. The van der Waals surface area contributed by atoms with Crippen LogP contribution in [0.5, 0.6) is 0 Å². The number of halogens is 1. The summed E-state index contributed by atoms with van der Waals surface area (Å²) in [5.74, 6) is -0.288. The lowest BCUT2D eigenvalue weighted by Gasteiger charge is -2.17. The van der Waals surface area contributed by atoms with E-state index in [4.69, 9.17) is 16.1 Å². The molecular weight excluding hydrogens is 354 g/mol. The van der Waals surface area contributed by atoms with Gasteiger partial charge in [-0.25, -0.2) is 8.42 Å². The van der Waals surface area contributed by atoms with Crippen molar-refractivity contribution in [3.05, 3.63) is 40.2 Å². The smallest absolute Gasteiger partial charge is 0.248 e. The molecule has 0 saturated heterocycles. The molecular formula is C15H18ClN3O4S. The second-order valence-electron chi connectivity index (χ2n) is 5.37. The summed E-state index contributed by atoms with van der Waals surface area (Å²) in [5, 5.41) is 6.82. The Morgan fingerprint density at radius 2 is 2.00 bits per heavy atom. The zero-order chi connectivity index (χ0) is 18.1. The van der Waals surface area contributed by atoms with Crippen molar-refractivity contribution in [2.45, 2.75) is 25.7 Å². The first-order chi connectivity index (χ1) is 11.1. The molecule has 1 heterocycles. The second-order valence-corrected chi connectivity index (χ2v) is 7.76. The van der Waals surface area contributed by atoms with Crippen molar-refractivity contribution >= 4 is 33.2 Å². The first-order valence-electron chi connectivity index (χ1n) is 7.08. The summed E-state index contributed by atoms with van der Waals surface area (Å²) in [5.41, 5.74) is 1.50. The number of nitrogens with one attached hydrogen (secondary N) is 1. The Morgan fingerprint density at radius 3 is 2.58 bits per heavy atom. The first-order valence-corrected chi connectivity index (χ1v) is 8.90. The predicted octanol–water partition coefficient (Wildman–Crippen LogP) is 2.51. The van der Waals surface area contributed by atoms with Gasteiger partial charge in [0, 0.05) is 17.8 Å². The van der Waals surface area contributed by atoms with Gasteiger partial charge in [-0.3, -0.25) is 4.79 Å². The highest BCUT2D eigenvalue weighted by molar-refractivity contribution is 7.89. The highest BCUT2D eigenvalue weighted by atomic mass is 35.5. The Morgan fingerprint density at radius 1 is 1.33 bits per heavy atom. The number of hydrogen-bond donors (Lipinski definition) is 1. The standard InChI is InChI=1S/C15H18ClN3O4S/c1-9-12(16)6-5-7-13(9)17-14(20)8-19(4)24(21,22)15-10(2)18-23-11(15)3/h5-7H,8H2,1-4H3,(H,17,20). The molecule has 1 amide bonds. The maximum Gasteiger partial charge on any atom is 0.248 e. The molecule has 0 radical (unpaired) electrons. The van der Waals surface area contributed by atoms with Crippen molar-refractivity contribution in [2.24, 2.45) is 0 Å². The Balaban J connectivity index is 2.16. The number of anilines is 1. The van der Waals surface area contributed by atoms with Gasteiger partial charge in [0.05, 0.1) is 6.54 Å². The van der Waals surface area contributed by atoms with Gasteiger partial charge in [-0.05, 0) is 38.5 Å². The third-order valence-electron chi connectivity index (χ3n) is 3.54. The summed E-state index contributed by atoms with van der Waals surface area (Å²) in [6.07, 6.45) is 0. The van der Waals surface area contributed by atoms with Crippen molar-refractivity contribution in [1.29, 1.82) is 0 Å². The number of benzene rings is 1. The number of rotatable bonds is 5. The molecule has 7 nitrogen and oxygen atoms in total. The van der Waals surface area contributed by atoms with Gasteiger partial charge < -0.3 is 9.84 Å². The number of aryl methyl sites for hydroxylation is 2. The van der Waals surface area contributed by atoms with Crippen molar-refractivity contribution in [2.75, 3.05) is 18.9 Å². The summed E-state index contributed by atoms with van der Waals surface area (Å²) >= 11 is 6.00. The SMILES string of the molecule is Cc1noc(C)c1S(=O)(=O)N(C)CC(=O)Nc1cccc(Cl)c1C. The number of nitrogens with zero attached hydrogens (tertiary/aromatic N) is 2. The Bertz CT molecular complexity index is 857. The van der Waals surface area contributed by atoms with Crippen LogP contribution in [0.25, 0.3) is 0 Å². The first kappa shape index (κ1) is 18.4. The van der Waals surface area contributed by atoms with Crippen LogP contribution in [0.4, 0.5) is 5.69 Å². The minimum Gasteiger partial charge on any atom is -0.360 e. The van der Waals surface area contributed by atoms with Crippen LogP contribution < -0.4 is 5.32 Å². The monoisotopic (exact) mass is 371 g/mol. The van der Waals surface area contributed by atoms with Crippen LogP contribution in [-0.2, 0) is 14.8 Å². The summed E-state index contributed by atoms with van der Waals surface area (Å²) in [7, 11) is -2.55. The van der Waals surface area contributed by atoms with Gasteiger partial charge in [0.15, 0.2) is 5.76 Å². The molecule has 0 spiro atoms. The Hall–Kier alpha value is -1.90. The van der Waals surface area contributed by atoms with E-state index in [0.29, 0.717) is 16.3 Å². The maximum atomic E-state index is 12.6. The number of carbonyl (C=O) groups excluding carboxylic acids is 1. The highest BCUT2D eigenvalue weighted by Crippen LogP contribution is 2.24. The van der Waals surface area contributed by atoms with Crippen molar-refractivity contribution in [1.82, 2.24) is 9.46 Å². The van der Waals surface area contributed by atoms with Gasteiger partial charge in [0.1, 0.15) is 10.6 Å². The molecule has 9 heteroatoms. The minimum absolute atomic E-state index is 0.0169. The topological polar surface area (TPSA) is 92.5 Å². The molecule has 24 heavy (non-hydrogen) atoms. The summed E-state index contributed by atoms with van der Waals surface area (Å²) in [6, 6.07) is 5.11. The van der Waals surface area contributed by atoms with E-state index in [1.54, 1.807) is 25.1 Å². The second kappa shape index (κ2) is 6.92. The highest BCUT2D eigenvalue weighted by Gasteiger charge is 2.29. The van der Waals surface area contributed by atoms with E-state index in [1.165, 1.54) is 20.9 Å². The van der Waals surface area contributed by atoms with Crippen LogP contribution in [0.1, 0.15) is 17.0 Å². The van der Waals surface area contributed by atoms with Crippen molar-refractivity contribution < 1.29 is 17.7 Å². The van der Waals surface area contributed by atoms with Gasteiger partial charge in [-0.2, -0.15) is 4.31 Å². The van der Waals surface area contributed by atoms with E-state index < -0.39 is 15.9 Å². The average molecular weight is 372 g/mol. The zero-order valence-electron chi connectivity index (χ0n) is 13.8. The minimum atomic E-state index is -3.87. The predicted molar refractivity (Wildman–Crippen MR) is 90.6 cm³/mol. The maximum absolute atomic E-state index is 12.6. The van der Waals surface area contributed by atoms with Crippen LogP contribution in [0.15, 0.2) is 27.6 Å². The van der Waals surface area contributed by atoms with Gasteiger partial charge >= 0.3 is 0 Å². The number of amides is 1. The molecule has 0 fully saturated rings. The van der Waals surface area contributed by atoms with Crippen LogP contribution in [0, 0.1) is 20.8 Å². The molecule has 0 aliphatic rings. The lowest BCUT2D eigenvalue weighted by atomic mass is 10.2. The molecule has 2 rings (SSSR count). The number of sulfonamides is 1. The molecule has 1 aromatic heterocycles. The van der Waals surface area contributed by atoms with Gasteiger partial charge in [0.2, 0.25) is 15.9 Å². The zero-order valence-corrected chi connectivity index (χ0v) is 15.3. The van der Waals surface area contributed by atoms with Gasteiger partial charge in [-0.15, -0.1) is 0 Å². The van der Waals surface area contributed by atoms with Crippen LogP contribution >= 0.6 is 11.6 Å².